The van der Waals surface area contributed by atoms with Crippen molar-refractivity contribution in [3.63, 3.8) is 0 Å². The first-order valence-electron chi connectivity index (χ1n) is 8.53. The number of benzene rings is 2. The number of rotatable bonds is 6. The fraction of sp³-hybridized carbons (Fsp3) is 0.350. The van der Waals surface area contributed by atoms with Crippen LogP contribution in [0, 0.1) is 0 Å². The van der Waals surface area contributed by atoms with Gasteiger partial charge in [-0.1, -0.05) is 31.5 Å². The summed E-state index contributed by atoms with van der Waals surface area (Å²) in [4.78, 5) is 12.5. The minimum atomic E-state index is -0.0724. The summed E-state index contributed by atoms with van der Waals surface area (Å²) in [5.74, 6) is 1.59. The van der Waals surface area contributed by atoms with Crippen molar-refractivity contribution < 1.29 is 14.3 Å². The average Bonchev–Trinajstić information content (AvgIpc) is 2.63. The molecule has 1 heterocycles. The van der Waals surface area contributed by atoms with E-state index in [1.54, 1.807) is 0 Å². The smallest absolute Gasteiger partial charge is 0.251 e. The molecule has 4 heteroatoms. The lowest BCUT2D eigenvalue weighted by Crippen LogP contribution is -2.32. The van der Waals surface area contributed by atoms with Gasteiger partial charge in [-0.3, -0.25) is 4.79 Å². The Morgan fingerprint density at radius 2 is 2.00 bits per heavy atom. The number of hydrogen-bond donors (Lipinski definition) is 1. The Hall–Kier alpha value is -2.49. The number of ether oxygens (including phenoxy) is 2. The molecule has 1 amide bonds. The molecule has 0 spiro atoms. The van der Waals surface area contributed by atoms with Gasteiger partial charge in [-0.25, -0.2) is 0 Å². The predicted molar refractivity (Wildman–Crippen MR) is 93.6 cm³/mol. The molecule has 2 aromatic carbocycles. The molecule has 3 rings (SSSR count). The van der Waals surface area contributed by atoms with Crippen LogP contribution in [0.1, 0.15) is 48.1 Å². The number of para-hydroxylation sites is 1. The lowest BCUT2D eigenvalue weighted by atomic mass is 10.00. The molecular weight excluding hydrogens is 302 g/mol. The molecule has 0 bridgehead atoms. The second kappa shape index (κ2) is 7.86. The third-order valence-electron chi connectivity index (χ3n) is 4.15. The van der Waals surface area contributed by atoms with Crippen molar-refractivity contribution in [3.8, 4) is 11.5 Å². The van der Waals surface area contributed by atoms with E-state index in [1.807, 2.05) is 48.5 Å². The normalized spacial score (nSPS) is 16.0. The molecule has 1 atom stereocenters. The van der Waals surface area contributed by atoms with Gasteiger partial charge in [0, 0.05) is 17.5 Å². The fourth-order valence-electron chi connectivity index (χ4n) is 2.77. The standard InChI is InChI=1S/C20H23NO3/c1-2-3-13-23-16-10-8-15(9-11-16)20(22)21-18-12-14-24-19-7-5-4-6-17(18)19/h4-11,18H,2-3,12-14H2,1H3,(H,21,22)/t18-/m1/s1. The Bertz CT molecular complexity index is 682. The molecule has 1 aliphatic heterocycles. The maximum absolute atomic E-state index is 12.5. The third kappa shape index (κ3) is 3.88. The first-order chi connectivity index (χ1) is 11.8. The van der Waals surface area contributed by atoms with E-state index < -0.39 is 0 Å². The van der Waals surface area contributed by atoms with Crippen LogP contribution < -0.4 is 14.8 Å². The van der Waals surface area contributed by atoms with Crippen LogP contribution in [0.5, 0.6) is 11.5 Å². The van der Waals surface area contributed by atoms with Crippen LogP contribution in [0.3, 0.4) is 0 Å². The van der Waals surface area contributed by atoms with Crippen LogP contribution in [0.15, 0.2) is 48.5 Å². The quantitative estimate of drug-likeness (QED) is 0.813. The van der Waals surface area contributed by atoms with Gasteiger partial charge in [-0.05, 0) is 36.8 Å². The van der Waals surface area contributed by atoms with E-state index in [9.17, 15) is 4.79 Å². The second-order valence-corrected chi connectivity index (χ2v) is 5.93. The molecule has 2 aromatic rings. The van der Waals surface area contributed by atoms with Gasteiger partial charge in [0.2, 0.25) is 0 Å². The average molecular weight is 325 g/mol. The highest BCUT2D eigenvalue weighted by atomic mass is 16.5. The number of hydrogen-bond acceptors (Lipinski definition) is 3. The van der Waals surface area contributed by atoms with E-state index in [1.165, 1.54) is 0 Å². The van der Waals surface area contributed by atoms with Crippen molar-refractivity contribution in [1.29, 1.82) is 0 Å². The Labute approximate surface area is 142 Å². The van der Waals surface area contributed by atoms with Crippen LogP contribution in [-0.4, -0.2) is 19.1 Å². The van der Waals surface area contributed by atoms with Gasteiger partial charge >= 0.3 is 0 Å². The molecule has 0 saturated heterocycles. The molecule has 0 aromatic heterocycles. The summed E-state index contributed by atoms with van der Waals surface area (Å²) in [6, 6.07) is 15.2. The zero-order valence-electron chi connectivity index (χ0n) is 14.0. The lowest BCUT2D eigenvalue weighted by Gasteiger charge is -2.26. The molecule has 4 nitrogen and oxygen atoms in total. The van der Waals surface area contributed by atoms with Crippen molar-refractivity contribution >= 4 is 5.91 Å². The Balaban J connectivity index is 1.63. The lowest BCUT2D eigenvalue weighted by molar-refractivity contribution is 0.0925. The van der Waals surface area contributed by atoms with E-state index in [0.717, 1.165) is 36.3 Å². The van der Waals surface area contributed by atoms with Gasteiger partial charge in [-0.2, -0.15) is 0 Å². The Kier molecular flexibility index (Phi) is 5.36. The summed E-state index contributed by atoms with van der Waals surface area (Å²) in [6.07, 6.45) is 2.92. The molecule has 0 saturated carbocycles. The first kappa shape index (κ1) is 16.4. The molecule has 1 aliphatic rings. The number of carbonyl (C=O) groups excluding carboxylic acids is 1. The second-order valence-electron chi connectivity index (χ2n) is 5.93. The minimum absolute atomic E-state index is 0.0112. The number of nitrogens with one attached hydrogen (secondary N) is 1. The zero-order valence-corrected chi connectivity index (χ0v) is 14.0. The summed E-state index contributed by atoms with van der Waals surface area (Å²) in [6.45, 7) is 3.46. The van der Waals surface area contributed by atoms with E-state index in [0.29, 0.717) is 18.8 Å². The third-order valence-corrected chi connectivity index (χ3v) is 4.15. The van der Waals surface area contributed by atoms with Crippen molar-refractivity contribution in [2.24, 2.45) is 0 Å². The van der Waals surface area contributed by atoms with Crippen molar-refractivity contribution in [2.45, 2.75) is 32.2 Å². The van der Waals surface area contributed by atoms with Crippen LogP contribution in [0.4, 0.5) is 0 Å². The summed E-state index contributed by atoms with van der Waals surface area (Å²) in [5, 5.41) is 3.10. The minimum Gasteiger partial charge on any atom is -0.494 e. The highest BCUT2D eigenvalue weighted by molar-refractivity contribution is 5.94. The Morgan fingerprint density at radius 1 is 1.21 bits per heavy atom. The Morgan fingerprint density at radius 3 is 2.79 bits per heavy atom. The summed E-state index contributed by atoms with van der Waals surface area (Å²) < 4.78 is 11.3. The molecular formula is C20H23NO3. The first-order valence-corrected chi connectivity index (χ1v) is 8.53. The van der Waals surface area contributed by atoms with E-state index in [-0.39, 0.29) is 11.9 Å². The van der Waals surface area contributed by atoms with Gasteiger partial charge in [0.15, 0.2) is 0 Å². The molecule has 0 aliphatic carbocycles. The van der Waals surface area contributed by atoms with E-state index in [4.69, 9.17) is 9.47 Å². The number of unbranched alkanes of at least 4 members (excludes halogenated alkanes) is 1. The van der Waals surface area contributed by atoms with Crippen molar-refractivity contribution in [2.75, 3.05) is 13.2 Å². The molecule has 0 unspecified atom stereocenters. The van der Waals surface area contributed by atoms with E-state index in [2.05, 4.69) is 12.2 Å². The van der Waals surface area contributed by atoms with Crippen molar-refractivity contribution in [3.05, 3.63) is 59.7 Å². The van der Waals surface area contributed by atoms with Crippen LogP contribution in [0.2, 0.25) is 0 Å². The highest BCUT2D eigenvalue weighted by Gasteiger charge is 2.22. The molecule has 0 radical (unpaired) electrons. The zero-order chi connectivity index (χ0) is 16.8. The molecule has 0 fully saturated rings. The molecule has 126 valence electrons. The van der Waals surface area contributed by atoms with Gasteiger partial charge < -0.3 is 14.8 Å². The molecule has 24 heavy (non-hydrogen) atoms. The largest absolute Gasteiger partial charge is 0.494 e. The monoisotopic (exact) mass is 325 g/mol. The summed E-state index contributed by atoms with van der Waals surface area (Å²) >= 11 is 0. The highest BCUT2D eigenvalue weighted by Crippen LogP contribution is 2.31. The van der Waals surface area contributed by atoms with Gasteiger partial charge in [0.1, 0.15) is 11.5 Å². The van der Waals surface area contributed by atoms with Crippen LogP contribution in [0.25, 0.3) is 0 Å². The SMILES string of the molecule is CCCCOc1ccc(C(=O)N[C@@H]2CCOc3ccccc32)cc1. The predicted octanol–water partition coefficient (Wildman–Crippen LogP) is 4.12. The number of fused-ring (bicyclic) bond motifs is 1. The topological polar surface area (TPSA) is 47.6 Å². The summed E-state index contributed by atoms with van der Waals surface area (Å²) in [5.41, 5.74) is 1.68. The van der Waals surface area contributed by atoms with E-state index >= 15 is 0 Å². The van der Waals surface area contributed by atoms with Gasteiger partial charge in [0.25, 0.3) is 5.91 Å². The van der Waals surface area contributed by atoms with Crippen LogP contribution >= 0.6 is 0 Å². The fourth-order valence-corrected chi connectivity index (χ4v) is 2.77. The summed E-state index contributed by atoms with van der Waals surface area (Å²) in [7, 11) is 0. The molecule has 1 N–H and O–H groups in total. The van der Waals surface area contributed by atoms with Crippen LogP contribution in [-0.2, 0) is 0 Å². The van der Waals surface area contributed by atoms with Gasteiger partial charge in [-0.15, -0.1) is 0 Å². The number of amides is 1. The number of carbonyl (C=O) groups is 1. The van der Waals surface area contributed by atoms with Gasteiger partial charge in [0.05, 0.1) is 19.3 Å². The maximum atomic E-state index is 12.5. The maximum Gasteiger partial charge on any atom is 0.251 e. The van der Waals surface area contributed by atoms with Crippen molar-refractivity contribution in [1.82, 2.24) is 5.32 Å².